The molecule has 9 heteroatoms. The Kier molecular flexibility index (Phi) is 16.1. The van der Waals surface area contributed by atoms with Crippen molar-refractivity contribution in [3.05, 3.63) is 124 Å². The summed E-state index contributed by atoms with van der Waals surface area (Å²) in [5.41, 5.74) is 17.7. The van der Waals surface area contributed by atoms with E-state index in [1.165, 1.54) is 19.3 Å². The number of phenols is 2. The Hall–Kier alpha value is -5.14. The van der Waals surface area contributed by atoms with Gasteiger partial charge in [-0.2, -0.15) is 0 Å². The number of aliphatic imine (C=N–C) groups is 1. The van der Waals surface area contributed by atoms with Gasteiger partial charge < -0.3 is 36.6 Å². The molecule has 0 amide bonds. The first-order valence-electron chi connectivity index (χ1n) is 20.4. The lowest BCUT2D eigenvalue weighted by Crippen LogP contribution is -2.21. The third-order valence-corrected chi connectivity index (χ3v) is 10.8. The number of ether oxygens (including phenoxy) is 1. The van der Waals surface area contributed by atoms with E-state index in [9.17, 15) is 25.2 Å². The van der Waals surface area contributed by atoms with Crippen molar-refractivity contribution in [1.82, 2.24) is 0 Å². The second-order valence-corrected chi connectivity index (χ2v) is 15.4. The van der Waals surface area contributed by atoms with Crippen LogP contribution in [0.3, 0.4) is 0 Å². The molecule has 7 N–H and O–H groups in total. The standard InChI is InChI=1S/C48H59N3O6/c1-3-4-6-10-33(27-32(2)52)11-7-5-8-13-38(53)19-15-34-17-22-45(55)47(29-34)57-26-24-35-16-21-44(54)42(28-35)41-31-46(56)40-23-25-51-43(40)14-9-12-36-30-37(48(49)50)18-20-39(36)41/h8,13,16-18,20-23,25,28-30,32-33,41,48,52,54-56H,3-7,10-11,14-15,19,24,26-27,31,49-50H2,1-2H3/p-1. The van der Waals surface area contributed by atoms with Crippen LogP contribution in [0.4, 0.5) is 0 Å². The van der Waals surface area contributed by atoms with Gasteiger partial charge in [-0.05, 0) is 109 Å². The smallest absolute Gasteiger partial charge is 0.161 e. The lowest BCUT2D eigenvalue weighted by Gasteiger charge is -2.27. The van der Waals surface area contributed by atoms with Gasteiger partial charge in [0.1, 0.15) is 5.75 Å². The highest BCUT2D eigenvalue weighted by Crippen LogP contribution is 2.39. The minimum absolute atomic E-state index is 0.00984. The molecule has 0 bridgehead atoms. The number of hydrogen-bond donors (Lipinski definition) is 5. The van der Waals surface area contributed by atoms with Crippen molar-refractivity contribution >= 4 is 11.5 Å². The number of carbonyl (C=O) groups excluding carboxylic acids is 1. The van der Waals surface area contributed by atoms with Crippen LogP contribution in [0.15, 0.2) is 95.3 Å². The molecule has 0 saturated carbocycles. The van der Waals surface area contributed by atoms with Crippen LogP contribution in [0.2, 0.25) is 0 Å². The summed E-state index contributed by atoms with van der Waals surface area (Å²) in [6.45, 7) is 4.30. The van der Waals surface area contributed by atoms with Crippen LogP contribution in [0.25, 0.3) is 0 Å². The Morgan fingerprint density at radius 1 is 1.00 bits per heavy atom. The summed E-state index contributed by atoms with van der Waals surface area (Å²) < 4.78 is 6.05. The van der Waals surface area contributed by atoms with Gasteiger partial charge in [-0.25, -0.2) is 0 Å². The summed E-state index contributed by atoms with van der Waals surface area (Å²) in [4.78, 5) is 17.0. The average molecular weight is 773 g/mol. The summed E-state index contributed by atoms with van der Waals surface area (Å²) in [7, 11) is 0. The molecule has 1 heterocycles. The van der Waals surface area contributed by atoms with Gasteiger partial charge in [-0.1, -0.05) is 87.3 Å². The zero-order chi connectivity index (χ0) is 40.7. The van der Waals surface area contributed by atoms with Crippen LogP contribution in [0.1, 0.15) is 130 Å². The van der Waals surface area contributed by atoms with E-state index >= 15 is 0 Å². The maximum Gasteiger partial charge on any atom is 0.161 e. The van der Waals surface area contributed by atoms with Gasteiger partial charge in [0, 0.05) is 36.1 Å². The monoisotopic (exact) mass is 772 g/mol. The Morgan fingerprint density at radius 3 is 2.54 bits per heavy atom. The first-order valence-corrected chi connectivity index (χ1v) is 20.4. The van der Waals surface area contributed by atoms with Crippen molar-refractivity contribution in [3.8, 4) is 29.1 Å². The second kappa shape index (κ2) is 21.4. The molecular formula is C48H58N3O6-. The molecule has 0 radical (unpaired) electrons. The highest BCUT2D eigenvalue weighted by Gasteiger charge is 2.24. The topological polar surface area (TPSA) is 174 Å². The summed E-state index contributed by atoms with van der Waals surface area (Å²) in [5, 5.41) is 45.3. The van der Waals surface area contributed by atoms with Crippen molar-refractivity contribution < 1.29 is 30.0 Å². The molecule has 1 aliphatic heterocycles. The number of aromatic hydroxyl groups is 2. The maximum absolute atomic E-state index is 13.7. The first-order chi connectivity index (χ1) is 27.5. The fourth-order valence-corrected chi connectivity index (χ4v) is 7.64. The van der Waals surface area contributed by atoms with E-state index in [0.717, 1.165) is 48.8 Å². The van der Waals surface area contributed by atoms with E-state index in [1.54, 1.807) is 42.6 Å². The number of aliphatic hydroxyl groups excluding tert-OH is 1. The quantitative estimate of drug-likeness (QED) is 0.0336. The molecule has 0 fully saturated rings. The van der Waals surface area contributed by atoms with Gasteiger partial charge in [0.25, 0.3) is 0 Å². The molecule has 3 aromatic rings. The number of rotatable bonds is 20. The highest BCUT2D eigenvalue weighted by atomic mass is 16.5. The number of hydrogen-bond acceptors (Lipinski definition) is 9. The van der Waals surface area contributed by atoms with Crippen LogP contribution in [0.5, 0.6) is 17.2 Å². The van der Waals surface area contributed by atoms with Gasteiger partial charge in [0.05, 0.1) is 31.0 Å². The van der Waals surface area contributed by atoms with Crippen LogP contribution < -0.4 is 21.3 Å². The number of phenolic OH excluding ortho intramolecular Hbond substituents is 2. The largest absolute Gasteiger partial charge is 0.875 e. The highest BCUT2D eigenvalue weighted by molar-refractivity contribution is 6.06. The Bertz CT molecular complexity index is 2030. The van der Waals surface area contributed by atoms with Crippen LogP contribution in [-0.2, 0) is 17.6 Å². The molecule has 3 aromatic carbocycles. The number of nitrogens with two attached hydrogens (primary N) is 2. The minimum atomic E-state index is -0.695. The average Bonchev–Trinajstić information content (AvgIpc) is 3.66. The molecule has 2 aliphatic rings. The van der Waals surface area contributed by atoms with E-state index in [-0.39, 0.29) is 42.2 Å². The summed E-state index contributed by atoms with van der Waals surface area (Å²) >= 11 is 0. The van der Waals surface area contributed by atoms with Crippen LogP contribution in [-0.4, -0.2) is 39.5 Å². The Morgan fingerprint density at radius 2 is 1.77 bits per heavy atom. The zero-order valence-electron chi connectivity index (χ0n) is 33.4. The first kappa shape index (κ1) is 43.0. The van der Waals surface area contributed by atoms with E-state index in [2.05, 4.69) is 23.8 Å². The molecule has 0 spiro atoms. The molecule has 5 rings (SSSR count). The third kappa shape index (κ3) is 12.7. The number of nitrogens with zero attached hydrogens (tertiary/aromatic N) is 1. The predicted molar refractivity (Wildman–Crippen MR) is 225 cm³/mol. The lowest BCUT2D eigenvalue weighted by molar-refractivity contribution is -0.307. The number of fused-ring (bicyclic) bond motifs is 2. The molecule has 1 aliphatic carbocycles. The second-order valence-electron chi connectivity index (χ2n) is 15.4. The van der Waals surface area contributed by atoms with Crippen molar-refractivity contribution in [2.75, 3.05) is 6.61 Å². The Labute approximate surface area is 337 Å². The summed E-state index contributed by atoms with van der Waals surface area (Å²) in [5.74, 6) is 6.78. The molecular weight excluding hydrogens is 715 g/mol. The van der Waals surface area contributed by atoms with Crippen molar-refractivity contribution in [2.45, 2.75) is 116 Å². The number of carbonyl (C=O) groups is 1. The van der Waals surface area contributed by atoms with E-state index in [4.69, 9.17) is 16.2 Å². The SMILES string of the molecule is CCCCCC(CCCC=CC(=O)CCc1ccc(O)c(OCCc2ccc(O)c(C3CC([O-])=C4C=CN=C4CC#Cc4cc(C(N)N)ccc43)c2)c1)CC(C)O. The van der Waals surface area contributed by atoms with Gasteiger partial charge in [-0.15, -0.1) is 5.76 Å². The molecule has 302 valence electrons. The minimum Gasteiger partial charge on any atom is -0.875 e. The molecule has 57 heavy (non-hydrogen) atoms. The number of aryl methyl sites for hydroxylation is 1. The third-order valence-electron chi connectivity index (χ3n) is 10.8. The van der Waals surface area contributed by atoms with E-state index in [1.807, 2.05) is 43.3 Å². The van der Waals surface area contributed by atoms with E-state index in [0.29, 0.717) is 65.3 Å². The fourth-order valence-electron chi connectivity index (χ4n) is 7.64. The predicted octanol–water partition coefficient (Wildman–Crippen LogP) is 7.69. The van der Waals surface area contributed by atoms with Gasteiger partial charge >= 0.3 is 0 Å². The summed E-state index contributed by atoms with van der Waals surface area (Å²) in [6, 6.07) is 16.1. The van der Waals surface area contributed by atoms with Gasteiger partial charge in [0.2, 0.25) is 0 Å². The maximum atomic E-state index is 13.7. The number of aliphatic hydroxyl groups is 1. The number of allylic oxidation sites excluding steroid dienone is 5. The van der Waals surface area contributed by atoms with Crippen molar-refractivity contribution in [2.24, 2.45) is 22.4 Å². The van der Waals surface area contributed by atoms with Gasteiger partial charge in [0.15, 0.2) is 17.3 Å². The zero-order valence-corrected chi connectivity index (χ0v) is 33.4. The molecule has 0 aromatic heterocycles. The Balaban J connectivity index is 1.20. The lowest BCUT2D eigenvalue weighted by atomic mass is 9.82. The number of unbranched alkanes of at least 4 members (excludes halogenated alkanes) is 3. The van der Waals surface area contributed by atoms with Crippen molar-refractivity contribution in [1.29, 1.82) is 0 Å². The van der Waals surface area contributed by atoms with Gasteiger partial charge in [-0.3, -0.25) is 9.79 Å². The number of ketones is 1. The molecule has 0 saturated heterocycles. The van der Waals surface area contributed by atoms with Crippen LogP contribution in [0, 0.1) is 17.8 Å². The fraction of sp³-hybridized carbons (Fsp3) is 0.417. The molecule has 3 unspecified atom stereocenters. The summed E-state index contributed by atoms with van der Waals surface area (Å²) in [6.07, 6.45) is 16.2. The molecule has 9 nitrogen and oxygen atoms in total. The molecule has 3 atom stereocenters. The van der Waals surface area contributed by atoms with E-state index < -0.39 is 12.1 Å². The van der Waals surface area contributed by atoms with Crippen LogP contribution >= 0.6 is 0 Å². The number of benzene rings is 3. The van der Waals surface area contributed by atoms with Crippen molar-refractivity contribution in [3.63, 3.8) is 0 Å². The normalized spacial score (nSPS) is 16.2.